The van der Waals surface area contributed by atoms with Gasteiger partial charge in [0.2, 0.25) is 0 Å². The molecule has 0 spiro atoms. The minimum atomic E-state index is 0.868. The molecule has 1 aliphatic rings. The molecule has 0 bridgehead atoms. The van der Waals surface area contributed by atoms with Crippen molar-refractivity contribution in [2.45, 2.75) is 5.33 Å². The number of hydrogen-bond donors (Lipinski definition) is 0. The number of para-hydroxylation sites is 1. The fourth-order valence-corrected chi connectivity index (χ4v) is 3.48. The minimum absolute atomic E-state index is 0.868. The van der Waals surface area contributed by atoms with Crippen LogP contribution in [0.1, 0.15) is 5.56 Å². The molecule has 1 aromatic rings. The SMILES string of the molecule is Clc1cccc(CBr)c1N1CCSCC1. The first-order valence-electron chi connectivity index (χ1n) is 4.99. The molecule has 0 radical (unpaired) electrons. The maximum atomic E-state index is 6.27. The van der Waals surface area contributed by atoms with E-state index in [2.05, 4.69) is 26.9 Å². The summed E-state index contributed by atoms with van der Waals surface area (Å²) in [6, 6.07) is 6.13. The number of halogens is 2. The molecule has 1 aliphatic heterocycles. The zero-order valence-corrected chi connectivity index (χ0v) is 11.5. The maximum Gasteiger partial charge on any atom is 0.0642 e. The third-order valence-corrected chi connectivity index (χ3v) is 4.39. The number of thioether (sulfide) groups is 1. The van der Waals surface area contributed by atoms with Gasteiger partial charge in [-0.25, -0.2) is 0 Å². The highest BCUT2D eigenvalue weighted by molar-refractivity contribution is 9.08. The van der Waals surface area contributed by atoms with E-state index in [0.29, 0.717) is 0 Å². The summed E-state index contributed by atoms with van der Waals surface area (Å²) in [6.45, 7) is 2.21. The lowest BCUT2D eigenvalue weighted by atomic mass is 10.2. The number of anilines is 1. The second-order valence-corrected chi connectivity index (χ2v) is 5.67. The van der Waals surface area contributed by atoms with E-state index in [0.717, 1.165) is 23.4 Å². The second-order valence-electron chi connectivity index (χ2n) is 3.48. The first-order valence-corrected chi connectivity index (χ1v) is 7.64. The molecule has 0 N–H and O–H groups in total. The van der Waals surface area contributed by atoms with Crippen molar-refractivity contribution < 1.29 is 0 Å². The minimum Gasteiger partial charge on any atom is -0.368 e. The highest BCUT2D eigenvalue weighted by Crippen LogP contribution is 2.32. The van der Waals surface area contributed by atoms with E-state index in [1.807, 2.05) is 23.9 Å². The Balaban J connectivity index is 2.31. The number of rotatable bonds is 2. The van der Waals surface area contributed by atoms with E-state index in [9.17, 15) is 0 Å². The van der Waals surface area contributed by atoms with Crippen LogP contribution in [0.15, 0.2) is 18.2 Å². The highest BCUT2D eigenvalue weighted by Gasteiger charge is 2.16. The van der Waals surface area contributed by atoms with Crippen LogP contribution in [0.5, 0.6) is 0 Å². The van der Waals surface area contributed by atoms with Gasteiger partial charge in [-0.05, 0) is 11.6 Å². The molecule has 4 heteroatoms. The van der Waals surface area contributed by atoms with Crippen LogP contribution >= 0.6 is 39.3 Å². The van der Waals surface area contributed by atoms with Crippen molar-refractivity contribution in [3.05, 3.63) is 28.8 Å². The first-order chi connectivity index (χ1) is 7.33. The number of hydrogen-bond acceptors (Lipinski definition) is 2. The van der Waals surface area contributed by atoms with Crippen molar-refractivity contribution >= 4 is 45.0 Å². The van der Waals surface area contributed by atoms with Gasteiger partial charge in [0, 0.05) is 29.9 Å². The van der Waals surface area contributed by atoms with Gasteiger partial charge in [-0.15, -0.1) is 0 Å². The smallest absolute Gasteiger partial charge is 0.0642 e. The molecule has 0 aliphatic carbocycles. The fraction of sp³-hybridized carbons (Fsp3) is 0.455. The van der Waals surface area contributed by atoms with E-state index >= 15 is 0 Å². The van der Waals surface area contributed by atoms with Crippen LogP contribution < -0.4 is 4.90 Å². The third-order valence-electron chi connectivity index (χ3n) is 2.54. The predicted molar refractivity (Wildman–Crippen MR) is 73.6 cm³/mol. The Morgan fingerprint density at radius 3 is 2.73 bits per heavy atom. The van der Waals surface area contributed by atoms with Crippen molar-refractivity contribution in [1.82, 2.24) is 0 Å². The molecule has 1 aromatic carbocycles. The molecule has 0 amide bonds. The van der Waals surface area contributed by atoms with Crippen LogP contribution in [-0.2, 0) is 5.33 Å². The van der Waals surface area contributed by atoms with E-state index in [1.54, 1.807) is 0 Å². The zero-order chi connectivity index (χ0) is 10.7. The summed E-state index contributed by atoms with van der Waals surface area (Å²) in [5.74, 6) is 2.40. The molecule has 82 valence electrons. The Bertz CT molecular complexity index is 339. The summed E-state index contributed by atoms with van der Waals surface area (Å²) in [4.78, 5) is 2.40. The molecule has 1 saturated heterocycles. The van der Waals surface area contributed by atoms with E-state index < -0.39 is 0 Å². The van der Waals surface area contributed by atoms with Crippen LogP contribution in [0.2, 0.25) is 5.02 Å². The average molecular weight is 307 g/mol. The van der Waals surface area contributed by atoms with Gasteiger partial charge in [-0.1, -0.05) is 39.7 Å². The largest absolute Gasteiger partial charge is 0.368 e. The lowest BCUT2D eigenvalue weighted by molar-refractivity contribution is 0.854. The van der Waals surface area contributed by atoms with Gasteiger partial charge in [0.1, 0.15) is 0 Å². The summed E-state index contributed by atoms with van der Waals surface area (Å²) in [5.41, 5.74) is 2.51. The fourth-order valence-electron chi connectivity index (χ4n) is 1.81. The van der Waals surface area contributed by atoms with Crippen LogP contribution in [-0.4, -0.2) is 24.6 Å². The zero-order valence-electron chi connectivity index (χ0n) is 8.38. The average Bonchev–Trinajstić information content (AvgIpc) is 2.29. The van der Waals surface area contributed by atoms with Crippen molar-refractivity contribution in [2.24, 2.45) is 0 Å². The lowest BCUT2D eigenvalue weighted by Crippen LogP contribution is -2.33. The maximum absolute atomic E-state index is 6.27. The summed E-state index contributed by atoms with van der Waals surface area (Å²) in [5, 5.41) is 1.74. The Labute approximate surface area is 108 Å². The van der Waals surface area contributed by atoms with Gasteiger partial charge in [0.25, 0.3) is 0 Å². The van der Waals surface area contributed by atoms with Gasteiger partial charge < -0.3 is 4.90 Å². The summed E-state index contributed by atoms with van der Waals surface area (Å²) >= 11 is 11.8. The van der Waals surface area contributed by atoms with Crippen molar-refractivity contribution in [3.63, 3.8) is 0 Å². The van der Waals surface area contributed by atoms with Gasteiger partial charge in [-0.2, -0.15) is 11.8 Å². The number of nitrogens with zero attached hydrogens (tertiary/aromatic N) is 1. The molecule has 0 unspecified atom stereocenters. The molecule has 1 heterocycles. The highest BCUT2D eigenvalue weighted by atomic mass is 79.9. The van der Waals surface area contributed by atoms with E-state index in [-0.39, 0.29) is 0 Å². The lowest BCUT2D eigenvalue weighted by Gasteiger charge is -2.30. The topological polar surface area (TPSA) is 3.24 Å². The molecule has 0 saturated carbocycles. The van der Waals surface area contributed by atoms with Gasteiger partial charge in [0.05, 0.1) is 10.7 Å². The van der Waals surface area contributed by atoms with Gasteiger partial charge >= 0.3 is 0 Å². The number of benzene rings is 1. The molecule has 1 fully saturated rings. The van der Waals surface area contributed by atoms with E-state index in [1.165, 1.54) is 22.8 Å². The Hall–Kier alpha value is 0.140. The molecular formula is C11H13BrClNS. The predicted octanol–water partition coefficient (Wildman–Crippen LogP) is 3.79. The molecule has 0 aromatic heterocycles. The quantitative estimate of drug-likeness (QED) is 0.765. The van der Waals surface area contributed by atoms with Crippen molar-refractivity contribution in [3.8, 4) is 0 Å². The molecule has 1 nitrogen and oxygen atoms in total. The Kier molecular flexibility index (Phi) is 4.23. The standard InChI is InChI=1S/C11H13BrClNS/c12-8-9-2-1-3-10(13)11(9)14-4-6-15-7-5-14/h1-3H,4-8H2. The van der Waals surface area contributed by atoms with Crippen molar-refractivity contribution in [1.29, 1.82) is 0 Å². The summed E-state index contributed by atoms with van der Waals surface area (Å²) < 4.78 is 0. The van der Waals surface area contributed by atoms with Crippen LogP contribution in [0.4, 0.5) is 5.69 Å². The summed E-state index contributed by atoms with van der Waals surface area (Å²) in [6.07, 6.45) is 0. The Morgan fingerprint density at radius 1 is 1.33 bits per heavy atom. The van der Waals surface area contributed by atoms with Crippen LogP contribution in [0.25, 0.3) is 0 Å². The third kappa shape index (κ3) is 2.63. The monoisotopic (exact) mass is 305 g/mol. The van der Waals surface area contributed by atoms with Crippen molar-refractivity contribution in [2.75, 3.05) is 29.5 Å². The molecule has 0 atom stereocenters. The number of alkyl halides is 1. The van der Waals surface area contributed by atoms with E-state index in [4.69, 9.17) is 11.6 Å². The molecule has 2 rings (SSSR count). The van der Waals surface area contributed by atoms with Crippen LogP contribution in [0.3, 0.4) is 0 Å². The second kappa shape index (κ2) is 5.46. The molecular weight excluding hydrogens is 294 g/mol. The Morgan fingerprint density at radius 2 is 2.07 bits per heavy atom. The summed E-state index contributed by atoms with van der Waals surface area (Å²) in [7, 11) is 0. The molecule has 15 heavy (non-hydrogen) atoms. The van der Waals surface area contributed by atoms with Gasteiger partial charge in [-0.3, -0.25) is 0 Å². The van der Waals surface area contributed by atoms with Gasteiger partial charge in [0.15, 0.2) is 0 Å². The van der Waals surface area contributed by atoms with Crippen LogP contribution in [0, 0.1) is 0 Å². The first kappa shape index (κ1) is 11.6. The normalized spacial score (nSPS) is 16.8.